The Balaban J connectivity index is 1.51. The van der Waals surface area contributed by atoms with Crippen molar-refractivity contribution in [2.24, 2.45) is 0 Å². The summed E-state index contributed by atoms with van der Waals surface area (Å²) in [6.45, 7) is 3.04. The Kier molecular flexibility index (Phi) is 9.57. The van der Waals surface area contributed by atoms with E-state index in [0.717, 1.165) is 25.1 Å². The van der Waals surface area contributed by atoms with Gasteiger partial charge in [-0.2, -0.15) is 0 Å². The first-order valence-electron chi connectivity index (χ1n) is 11.0. The van der Waals surface area contributed by atoms with E-state index in [2.05, 4.69) is 6.92 Å². The number of carbonyl (C=O) groups is 1. The van der Waals surface area contributed by atoms with Crippen molar-refractivity contribution in [3.05, 3.63) is 12.3 Å². The first-order chi connectivity index (χ1) is 13.2. The van der Waals surface area contributed by atoms with Gasteiger partial charge in [0.05, 0.1) is 6.26 Å². The topological polar surface area (TPSA) is 56.9 Å². The predicted molar refractivity (Wildman–Crippen MR) is 112 cm³/mol. The molecule has 0 fully saturated rings. The van der Waals surface area contributed by atoms with Gasteiger partial charge in [-0.25, -0.2) is 4.79 Å². The van der Waals surface area contributed by atoms with Gasteiger partial charge in [0.15, 0.2) is 0 Å². The number of hydrogen-bond donors (Lipinski definition) is 1. The van der Waals surface area contributed by atoms with Crippen molar-refractivity contribution in [2.45, 2.75) is 96.6 Å². The maximum atomic E-state index is 11.6. The van der Waals surface area contributed by atoms with Crippen LogP contribution in [0.4, 0.5) is 11.6 Å². The Labute approximate surface area is 164 Å². The molecule has 1 aromatic rings. The van der Waals surface area contributed by atoms with Crippen molar-refractivity contribution < 1.29 is 14.3 Å². The third kappa shape index (κ3) is 6.47. The van der Waals surface area contributed by atoms with Crippen molar-refractivity contribution in [3.8, 4) is 0 Å². The van der Waals surface area contributed by atoms with Gasteiger partial charge in [-0.1, -0.05) is 84.0 Å². The molecule has 27 heavy (non-hydrogen) atoms. The van der Waals surface area contributed by atoms with E-state index in [1.165, 1.54) is 70.6 Å². The number of hydrogen-bond acceptors (Lipinski definition) is 4. The summed E-state index contributed by atoms with van der Waals surface area (Å²) < 4.78 is 5.44. The van der Waals surface area contributed by atoms with Crippen molar-refractivity contribution in [2.75, 3.05) is 23.4 Å². The van der Waals surface area contributed by atoms with Crippen LogP contribution in [0.2, 0.25) is 0 Å². The summed E-state index contributed by atoms with van der Waals surface area (Å²) >= 11 is 0. The number of carboxylic acid groups (broad SMARTS) is 1. The van der Waals surface area contributed by atoms with Crippen LogP contribution in [0.15, 0.2) is 16.7 Å². The molecule has 1 aliphatic rings. The molecule has 0 aromatic carbocycles. The van der Waals surface area contributed by atoms with Gasteiger partial charge in [0, 0.05) is 19.7 Å². The van der Waals surface area contributed by atoms with E-state index in [4.69, 9.17) is 4.42 Å². The monoisotopic (exact) mass is 378 g/mol. The van der Waals surface area contributed by atoms with Crippen molar-refractivity contribution >= 4 is 17.5 Å². The molecular weight excluding hydrogens is 340 g/mol. The summed E-state index contributed by atoms with van der Waals surface area (Å²) in [5.74, 6) is -0.157. The molecule has 2 rings (SSSR count). The normalized spacial score (nSPS) is 16.1. The minimum Gasteiger partial charge on any atom is -0.478 e. The fraction of sp³-hybridized carbons (Fsp3) is 0.773. The lowest BCUT2D eigenvalue weighted by molar-refractivity contribution is -0.138. The smallest absolute Gasteiger partial charge is 0.347 e. The summed E-state index contributed by atoms with van der Waals surface area (Å²) in [7, 11) is 1.78. The molecule has 1 atom stereocenters. The molecule has 0 saturated heterocycles. The lowest BCUT2D eigenvalue weighted by Crippen LogP contribution is -2.47. The summed E-state index contributed by atoms with van der Waals surface area (Å²) in [5, 5.41) is 9.52. The number of aliphatic carboxylic acids is 1. The fourth-order valence-corrected chi connectivity index (χ4v) is 4.07. The standard InChI is InChI=1S/C22H38N2O3/c1-3-4-5-6-7-8-9-10-11-12-13-14-15-17-24-19-16-18-27-21(19)23(2)20(24)22(25)26/h16,18,20H,3-15,17H2,1-2H3,(H,25,26). The van der Waals surface area contributed by atoms with Gasteiger partial charge >= 0.3 is 5.97 Å². The summed E-state index contributed by atoms with van der Waals surface area (Å²) in [6.07, 6.45) is 18.2. The van der Waals surface area contributed by atoms with Crippen LogP contribution in [0.25, 0.3) is 0 Å². The highest BCUT2D eigenvalue weighted by Gasteiger charge is 2.40. The molecule has 2 heterocycles. The van der Waals surface area contributed by atoms with Crippen LogP contribution in [0, 0.1) is 0 Å². The zero-order valence-electron chi connectivity index (χ0n) is 17.3. The van der Waals surface area contributed by atoms with Crippen LogP contribution in [0.3, 0.4) is 0 Å². The van der Waals surface area contributed by atoms with Crippen molar-refractivity contribution in [3.63, 3.8) is 0 Å². The first-order valence-corrected chi connectivity index (χ1v) is 11.0. The van der Waals surface area contributed by atoms with E-state index in [-0.39, 0.29) is 0 Å². The van der Waals surface area contributed by atoms with Crippen LogP contribution in [0.1, 0.15) is 90.4 Å². The molecule has 1 N–H and O–H groups in total. The SMILES string of the molecule is CCCCCCCCCCCCCCCN1c2ccoc2N(C)C1C(=O)O. The molecule has 5 heteroatoms. The third-order valence-corrected chi connectivity index (χ3v) is 5.64. The molecule has 0 radical (unpaired) electrons. The molecule has 1 aliphatic heterocycles. The van der Waals surface area contributed by atoms with Gasteiger partial charge in [0.2, 0.25) is 12.0 Å². The second-order valence-electron chi connectivity index (χ2n) is 7.87. The van der Waals surface area contributed by atoms with Gasteiger partial charge < -0.3 is 19.3 Å². The largest absolute Gasteiger partial charge is 0.478 e. The first kappa shape index (κ1) is 21.6. The highest BCUT2D eigenvalue weighted by Crippen LogP contribution is 2.39. The molecular formula is C22H38N2O3. The summed E-state index contributed by atoms with van der Waals surface area (Å²) in [5.41, 5.74) is 0.906. The Morgan fingerprint density at radius 1 is 0.963 bits per heavy atom. The molecule has 154 valence electrons. The zero-order valence-corrected chi connectivity index (χ0v) is 17.3. The van der Waals surface area contributed by atoms with E-state index in [0.29, 0.717) is 5.88 Å². The number of rotatable bonds is 15. The number of nitrogens with zero attached hydrogens (tertiary/aromatic N) is 2. The van der Waals surface area contributed by atoms with Gasteiger partial charge in [0.25, 0.3) is 0 Å². The predicted octanol–water partition coefficient (Wildman–Crippen LogP) is 6.04. The zero-order chi connectivity index (χ0) is 19.5. The van der Waals surface area contributed by atoms with Crippen molar-refractivity contribution in [1.29, 1.82) is 0 Å². The molecule has 1 aromatic heterocycles. The number of carboxylic acids is 1. The lowest BCUT2D eigenvalue weighted by atomic mass is 10.0. The van der Waals surface area contributed by atoms with Gasteiger partial charge in [-0.05, 0) is 6.42 Å². The maximum Gasteiger partial charge on any atom is 0.347 e. The van der Waals surface area contributed by atoms with E-state index < -0.39 is 12.1 Å². The second-order valence-corrected chi connectivity index (χ2v) is 7.87. The molecule has 0 aliphatic carbocycles. The van der Waals surface area contributed by atoms with Crippen molar-refractivity contribution in [1.82, 2.24) is 0 Å². The Bertz CT molecular complexity index is 543. The van der Waals surface area contributed by atoms with E-state index >= 15 is 0 Å². The van der Waals surface area contributed by atoms with Crippen LogP contribution >= 0.6 is 0 Å². The Hall–Kier alpha value is -1.65. The maximum absolute atomic E-state index is 11.6. The number of fused-ring (bicyclic) bond motifs is 1. The van der Waals surface area contributed by atoms with Gasteiger partial charge in [-0.15, -0.1) is 0 Å². The Morgan fingerprint density at radius 3 is 2.00 bits per heavy atom. The molecule has 0 bridgehead atoms. The highest BCUT2D eigenvalue weighted by molar-refractivity contribution is 5.88. The molecule has 5 nitrogen and oxygen atoms in total. The van der Waals surface area contributed by atoms with Crippen LogP contribution in [0.5, 0.6) is 0 Å². The van der Waals surface area contributed by atoms with Gasteiger partial charge in [0.1, 0.15) is 5.69 Å². The molecule has 0 saturated carbocycles. The van der Waals surface area contributed by atoms with Crippen LogP contribution < -0.4 is 9.80 Å². The molecule has 0 spiro atoms. The summed E-state index contributed by atoms with van der Waals surface area (Å²) in [6, 6.07) is 1.87. The van der Waals surface area contributed by atoms with Crippen LogP contribution in [-0.2, 0) is 4.79 Å². The molecule has 0 amide bonds. The average molecular weight is 379 g/mol. The third-order valence-electron chi connectivity index (χ3n) is 5.64. The number of furan rings is 1. The quantitative estimate of drug-likeness (QED) is 0.377. The lowest BCUT2D eigenvalue weighted by Gasteiger charge is -2.26. The van der Waals surface area contributed by atoms with E-state index in [1.807, 2.05) is 11.0 Å². The van der Waals surface area contributed by atoms with Gasteiger partial charge in [-0.3, -0.25) is 0 Å². The minimum atomic E-state index is -0.821. The minimum absolute atomic E-state index is 0.641. The average Bonchev–Trinajstić information content (AvgIpc) is 3.22. The number of unbranched alkanes of at least 4 members (excludes halogenated alkanes) is 12. The summed E-state index contributed by atoms with van der Waals surface area (Å²) in [4.78, 5) is 15.3. The number of likely N-dealkylation sites (N-methyl/N-ethyl adjacent to an activating group) is 1. The Morgan fingerprint density at radius 2 is 1.48 bits per heavy atom. The van der Waals surface area contributed by atoms with E-state index in [9.17, 15) is 9.90 Å². The fourth-order valence-electron chi connectivity index (χ4n) is 4.07. The second kappa shape index (κ2) is 11.9. The van der Waals surface area contributed by atoms with E-state index in [1.54, 1.807) is 18.2 Å². The highest BCUT2D eigenvalue weighted by atomic mass is 16.4. The number of anilines is 2. The molecule has 1 unspecified atom stereocenters. The van der Waals surface area contributed by atoms with Crippen LogP contribution in [-0.4, -0.2) is 30.8 Å².